The Bertz CT molecular complexity index is 878. The van der Waals surface area contributed by atoms with Crippen molar-refractivity contribution in [2.45, 2.75) is 121 Å². The van der Waals surface area contributed by atoms with Gasteiger partial charge in [0.15, 0.2) is 0 Å². The molecule has 2 heterocycles. The fraction of sp³-hybridized carbons (Fsp3) is 0.848. The van der Waals surface area contributed by atoms with Crippen LogP contribution in [0.15, 0.2) is 22.0 Å². The average Bonchev–Trinajstić information content (AvgIpc) is 3.54. The van der Waals surface area contributed by atoms with E-state index in [0.717, 1.165) is 68.9 Å². The Morgan fingerprint density at radius 1 is 0.838 bits per heavy atom. The SMILES string of the molecule is CC1=CC2C3C=C(C)SC3C([Si](C)(C)C3[CH-]CC4C(C5CCC(C(C)(C)C)CC5)CCC(C)C43)C2S1.[W]. The molecule has 4 heteroatoms. The van der Waals surface area contributed by atoms with Gasteiger partial charge in [-0.25, -0.2) is 0 Å². The van der Waals surface area contributed by atoms with Gasteiger partial charge in [-0.05, 0) is 102 Å². The van der Waals surface area contributed by atoms with E-state index in [9.17, 15) is 0 Å². The normalized spacial score (nSPS) is 47.6. The summed E-state index contributed by atoms with van der Waals surface area (Å²) in [5, 5.41) is 1.74. The van der Waals surface area contributed by atoms with Crippen LogP contribution in [0.1, 0.15) is 86.5 Å². The smallest absolute Gasteiger partial charge is 0.0273 e. The van der Waals surface area contributed by atoms with Crippen LogP contribution in [0.4, 0.5) is 0 Å². The van der Waals surface area contributed by atoms with Crippen molar-refractivity contribution in [1.82, 2.24) is 0 Å². The Morgan fingerprint density at radius 3 is 1.95 bits per heavy atom. The summed E-state index contributed by atoms with van der Waals surface area (Å²) in [6.07, 6.45) is 18.8. The molecule has 0 N–H and O–H groups in total. The van der Waals surface area contributed by atoms with Crippen molar-refractivity contribution in [3.63, 3.8) is 0 Å². The molecule has 0 nitrogen and oxygen atoms in total. The van der Waals surface area contributed by atoms with E-state index >= 15 is 0 Å². The Kier molecular flexibility index (Phi) is 8.58. The van der Waals surface area contributed by atoms with Crippen molar-refractivity contribution >= 4 is 31.6 Å². The minimum absolute atomic E-state index is 0. The largest absolute Gasteiger partial charge is 0.327 e. The molecule has 4 saturated carbocycles. The number of hydrogen-bond donors (Lipinski definition) is 0. The number of allylic oxidation sites excluding steroid dienone is 4. The molecule has 4 aliphatic carbocycles. The molecule has 0 bridgehead atoms. The molecule has 9 atom stereocenters. The first-order valence-electron chi connectivity index (χ1n) is 15.5. The third-order valence-corrected chi connectivity index (χ3v) is 20.5. The topological polar surface area (TPSA) is 0 Å². The van der Waals surface area contributed by atoms with Crippen LogP contribution in [0.25, 0.3) is 0 Å². The summed E-state index contributed by atoms with van der Waals surface area (Å²) < 4.78 is 0. The predicted octanol–water partition coefficient (Wildman–Crippen LogP) is 10.5. The second kappa shape index (κ2) is 10.7. The standard InChI is InChI=1S/C33H53S2Si.W/c1-19-9-14-24(22-10-12-23(13-11-22)33(4,5)6)25-15-16-28(29(19)25)36(7,8)32-30-26(17-20(2)34-30)27-18-21(3)35-31(27)32;/h16-19,22-32H,9-15H2,1-8H3;/q-1;. The first-order valence-corrected chi connectivity index (χ1v) is 20.4. The van der Waals surface area contributed by atoms with Crippen LogP contribution in [0.2, 0.25) is 24.2 Å². The van der Waals surface area contributed by atoms with Gasteiger partial charge in [0, 0.05) is 39.6 Å². The summed E-state index contributed by atoms with van der Waals surface area (Å²) in [6, 6.07) is 0. The van der Waals surface area contributed by atoms with Gasteiger partial charge < -0.3 is 6.42 Å². The van der Waals surface area contributed by atoms with Gasteiger partial charge in [-0.15, -0.1) is 23.5 Å². The Hall–Kier alpha value is 1.09. The number of hydrogen-bond acceptors (Lipinski definition) is 2. The van der Waals surface area contributed by atoms with E-state index in [2.05, 4.69) is 96.7 Å². The number of thioether (sulfide) groups is 2. The Morgan fingerprint density at radius 2 is 1.41 bits per heavy atom. The van der Waals surface area contributed by atoms with Gasteiger partial charge >= 0.3 is 0 Å². The van der Waals surface area contributed by atoms with E-state index in [-0.39, 0.29) is 21.1 Å². The molecular formula is C33H53S2SiW-. The molecule has 0 saturated heterocycles. The molecule has 0 spiro atoms. The van der Waals surface area contributed by atoms with E-state index in [0.29, 0.717) is 5.41 Å². The van der Waals surface area contributed by atoms with Gasteiger partial charge in [0.2, 0.25) is 0 Å². The minimum atomic E-state index is -1.50. The van der Waals surface area contributed by atoms with Gasteiger partial charge in [0.05, 0.1) is 0 Å². The maximum absolute atomic E-state index is 2.96. The molecule has 0 radical (unpaired) electrons. The molecule has 9 unspecified atom stereocenters. The number of rotatable bonds is 3. The minimum Gasteiger partial charge on any atom is -0.327 e. The molecule has 37 heavy (non-hydrogen) atoms. The van der Waals surface area contributed by atoms with E-state index in [1.807, 2.05) is 0 Å². The quantitative estimate of drug-likeness (QED) is 0.210. The fourth-order valence-electron chi connectivity index (χ4n) is 10.7. The van der Waals surface area contributed by atoms with Crippen molar-refractivity contribution in [1.29, 1.82) is 0 Å². The number of fused-ring (bicyclic) bond motifs is 4. The maximum atomic E-state index is 2.96. The molecule has 4 fully saturated rings. The third kappa shape index (κ3) is 5.05. The zero-order chi connectivity index (χ0) is 25.6. The first kappa shape index (κ1) is 29.6. The van der Waals surface area contributed by atoms with Gasteiger partial charge in [-0.3, -0.25) is 0 Å². The van der Waals surface area contributed by atoms with Crippen LogP contribution in [0, 0.1) is 59.2 Å². The zero-order valence-corrected chi connectivity index (χ0v) is 30.4. The monoisotopic (exact) mass is 725 g/mol. The van der Waals surface area contributed by atoms with Crippen LogP contribution in [-0.2, 0) is 21.1 Å². The Labute approximate surface area is 253 Å². The van der Waals surface area contributed by atoms with Crippen molar-refractivity contribution in [3.05, 3.63) is 28.4 Å². The zero-order valence-electron chi connectivity index (χ0n) is 24.8. The fourth-order valence-corrected chi connectivity index (χ4v) is 21.0. The van der Waals surface area contributed by atoms with Crippen LogP contribution in [0.5, 0.6) is 0 Å². The predicted molar refractivity (Wildman–Crippen MR) is 165 cm³/mol. The first-order chi connectivity index (χ1) is 17.0. The van der Waals surface area contributed by atoms with Crippen molar-refractivity contribution < 1.29 is 21.1 Å². The second-order valence-electron chi connectivity index (χ2n) is 15.7. The maximum Gasteiger partial charge on any atom is 0.0273 e. The van der Waals surface area contributed by atoms with Crippen LogP contribution in [-0.4, -0.2) is 18.6 Å². The summed E-state index contributed by atoms with van der Waals surface area (Å²) >= 11 is 4.57. The Balaban J connectivity index is 0.00000280. The molecule has 6 rings (SSSR count). The van der Waals surface area contributed by atoms with Crippen molar-refractivity contribution in [2.24, 2.45) is 52.8 Å². The summed E-state index contributed by atoms with van der Waals surface area (Å²) in [5.74, 6) is 7.55. The molecule has 0 amide bonds. The van der Waals surface area contributed by atoms with Gasteiger partial charge in [-0.2, -0.15) is 12.0 Å². The van der Waals surface area contributed by atoms with Crippen LogP contribution < -0.4 is 0 Å². The van der Waals surface area contributed by atoms with Crippen LogP contribution in [0.3, 0.4) is 0 Å². The second-order valence-corrected chi connectivity index (χ2v) is 23.5. The van der Waals surface area contributed by atoms with E-state index in [1.165, 1.54) is 44.9 Å². The van der Waals surface area contributed by atoms with Gasteiger partial charge in [0.1, 0.15) is 0 Å². The van der Waals surface area contributed by atoms with Gasteiger partial charge in [-0.1, -0.05) is 71.2 Å². The van der Waals surface area contributed by atoms with E-state index in [1.54, 1.807) is 9.81 Å². The molecule has 0 aromatic rings. The van der Waals surface area contributed by atoms with E-state index in [4.69, 9.17) is 0 Å². The molecule has 0 aromatic carbocycles. The van der Waals surface area contributed by atoms with Crippen LogP contribution >= 0.6 is 23.5 Å². The van der Waals surface area contributed by atoms with Crippen molar-refractivity contribution in [3.8, 4) is 0 Å². The summed E-state index contributed by atoms with van der Waals surface area (Å²) in [5.41, 5.74) is 2.41. The average molecular weight is 726 g/mol. The van der Waals surface area contributed by atoms with Crippen molar-refractivity contribution in [2.75, 3.05) is 0 Å². The molecule has 208 valence electrons. The van der Waals surface area contributed by atoms with Gasteiger partial charge in [0.25, 0.3) is 0 Å². The summed E-state index contributed by atoms with van der Waals surface area (Å²) in [7, 11) is -1.50. The summed E-state index contributed by atoms with van der Waals surface area (Å²) in [4.78, 5) is 3.23. The van der Waals surface area contributed by atoms with E-state index < -0.39 is 8.07 Å². The molecule has 2 aliphatic heterocycles. The molecule has 0 aromatic heterocycles. The molecular weight excluding hydrogens is 672 g/mol. The molecule has 6 aliphatic rings. The summed E-state index contributed by atoms with van der Waals surface area (Å²) in [6.45, 7) is 20.6. The third-order valence-electron chi connectivity index (χ3n) is 12.5.